The molecule has 1 saturated heterocycles. The molecule has 0 spiro atoms. The third-order valence-electron chi connectivity index (χ3n) is 4.74. The van der Waals surface area contributed by atoms with Crippen LogP contribution in [0.2, 0.25) is 0 Å². The molecule has 0 unspecified atom stereocenters. The molecule has 0 aromatic heterocycles. The molecule has 2 aromatic carbocycles. The minimum Gasteiger partial charge on any atom is -0.508 e. The first-order valence-corrected chi connectivity index (χ1v) is 8.47. The number of rotatable bonds is 4. The van der Waals surface area contributed by atoms with Crippen LogP contribution in [-0.2, 0) is 0 Å². The lowest BCUT2D eigenvalue weighted by Crippen LogP contribution is -2.48. The summed E-state index contributed by atoms with van der Waals surface area (Å²) in [6.45, 7) is 2.70. The second-order valence-corrected chi connectivity index (χ2v) is 6.32. The highest BCUT2D eigenvalue weighted by Crippen LogP contribution is 2.27. The fraction of sp³-hybridized carbons (Fsp3) is 0.300. The molecule has 2 N–H and O–H groups in total. The van der Waals surface area contributed by atoms with Gasteiger partial charge in [0.2, 0.25) is 0 Å². The zero-order valence-electron chi connectivity index (χ0n) is 14.3. The van der Waals surface area contributed by atoms with Crippen molar-refractivity contribution in [3.05, 3.63) is 59.7 Å². The van der Waals surface area contributed by atoms with Gasteiger partial charge in [-0.2, -0.15) is 10.5 Å². The molecule has 26 heavy (non-hydrogen) atoms. The van der Waals surface area contributed by atoms with Crippen molar-refractivity contribution in [2.24, 2.45) is 0 Å². The van der Waals surface area contributed by atoms with Gasteiger partial charge in [-0.05, 0) is 35.4 Å². The predicted molar refractivity (Wildman–Crippen MR) is 96.1 cm³/mol. The van der Waals surface area contributed by atoms with Gasteiger partial charge in [0.1, 0.15) is 23.6 Å². The van der Waals surface area contributed by atoms with Crippen LogP contribution in [-0.4, -0.2) is 46.2 Å². The molecule has 0 saturated carbocycles. The topological polar surface area (TPSA) is 94.5 Å². The van der Waals surface area contributed by atoms with E-state index < -0.39 is 0 Å². The third-order valence-corrected chi connectivity index (χ3v) is 4.74. The van der Waals surface area contributed by atoms with Crippen molar-refractivity contribution in [3.63, 3.8) is 0 Å². The van der Waals surface area contributed by atoms with Crippen molar-refractivity contribution in [1.29, 1.82) is 10.5 Å². The van der Waals surface area contributed by atoms with Crippen LogP contribution in [0.25, 0.3) is 0 Å². The van der Waals surface area contributed by atoms with Crippen molar-refractivity contribution in [2.75, 3.05) is 26.2 Å². The Balaban J connectivity index is 1.67. The van der Waals surface area contributed by atoms with Gasteiger partial charge in [0, 0.05) is 26.2 Å². The van der Waals surface area contributed by atoms with Gasteiger partial charge in [-0.25, -0.2) is 0 Å². The van der Waals surface area contributed by atoms with E-state index in [4.69, 9.17) is 0 Å². The summed E-state index contributed by atoms with van der Waals surface area (Å²) in [6, 6.07) is 17.4. The quantitative estimate of drug-likeness (QED) is 0.882. The Morgan fingerprint density at radius 1 is 0.654 bits per heavy atom. The number of phenols is 2. The summed E-state index contributed by atoms with van der Waals surface area (Å²) in [7, 11) is 0. The first-order valence-electron chi connectivity index (χ1n) is 8.47. The predicted octanol–water partition coefficient (Wildman–Crippen LogP) is 2.54. The van der Waals surface area contributed by atoms with Crippen LogP contribution in [0.15, 0.2) is 48.5 Å². The Labute approximate surface area is 152 Å². The summed E-state index contributed by atoms with van der Waals surface area (Å²) in [4.78, 5) is 4.18. The van der Waals surface area contributed by atoms with Crippen molar-refractivity contribution in [2.45, 2.75) is 12.1 Å². The molecule has 6 nitrogen and oxygen atoms in total. The van der Waals surface area contributed by atoms with Crippen LogP contribution >= 0.6 is 0 Å². The molecule has 1 aliphatic heterocycles. The normalized spacial score (nSPS) is 17.8. The van der Waals surface area contributed by atoms with Gasteiger partial charge in [-0.1, -0.05) is 24.3 Å². The smallest absolute Gasteiger partial charge is 0.123 e. The zero-order valence-corrected chi connectivity index (χ0v) is 14.3. The second kappa shape index (κ2) is 7.88. The molecule has 0 aliphatic carbocycles. The molecule has 2 aromatic rings. The van der Waals surface area contributed by atoms with Crippen molar-refractivity contribution >= 4 is 0 Å². The Hall–Kier alpha value is -3.06. The van der Waals surface area contributed by atoms with E-state index in [9.17, 15) is 20.7 Å². The van der Waals surface area contributed by atoms with E-state index in [1.807, 2.05) is 0 Å². The fourth-order valence-corrected chi connectivity index (χ4v) is 3.30. The molecule has 2 atom stereocenters. The number of benzene rings is 2. The second-order valence-electron chi connectivity index (χ2n) is 6.32. The number of phenolic OH excluding ortho intramolecular Hbond substituents is 2. The molecule has 1 fully saturated rings. The summed E-state index contributed by atoms with van der Waals surface area (Å²) >= 11 is 0. The number of nitriles is 2. The molecule has 0 radical (unpaired) electrons. The summed E-state index contributed by atoms with van der Waals surface area (Å²) in [6.07, 6.45) is 0. The van der Waals surface area contributed by atoms with E-state index in [0.717, 1.165) is 11.1 Å². The number of nitrogens with zero attached hydrogens (tertiary/aromatic N) is 4. The first-order chi connectivity index (χ1) is 12.6. The van der Waals surface area contributed by atoms with Gasteiger partial charge in [0.25, 0.3) is 0 Å². The van der Waals surface area contributed by atoms with Crippen molar-refractivity contribution < 1.29 is 10.2 Å². The monoisotopic (exact) mass is 348 g/mol. The van der Waals surface area contributed by atoms with E-state index in [-0.39, 0.29) is 23.6 Å². The van der Waals surface area contributed by atoms with E-state index in [1.54, 1.807) is 48.5 Å². The van der Waals surface area contributed by atoms with E-state index in [1.165, 1.54) is 0 Å². The molecule has 1 aliphatic rings. The van der Waals surface area contributed by atoms with Crippen molar-refractivity contribution in [3.8, 4) is 23.6 Å². The lowest BCUT2D eigenvalue weighted by molar-refractivity contribution is 0.0979. The van der Waals surface area contributed by atoms with E-state index in [0.29, 0.717) is 26.2 Å². The van der Waals surface area contributed by atoms with Crippen molar-refractivity contribution in [1.82, 2.24) is 9.80 Å². The third kappa shape index (κ3) is 3.78. The number of hydrogen-bond acceptors (Lipinski definition) is 6. The molecule has 0 bridgehead atoms. The number of aromatic hydroxyl groups is 2. The average Bonchev–Trinajstić information content (AvgIpc) is 2.67. The Morgan fingerprint density at radius 2 is 0.962 bits per heavy atom. The molecule has 0 amide bonds. The number of hydrogen-bond donors (Lipinski definition) is 2. The van der Waals surface area contributed by atoms with Gasteiger partial charge >= 0.3 is 0 Å². The lowest BCUT2D eigenvalue weighted by atomic mass is 10.0. The van der Waals surface area contributed by atoms with Gasteiger partial charge < -0.3 is 10.2 Å². The Bertz CT molecular complexity index is 741. The van der Waals surface area contributed by atoms with Gasteiger partial charge in [0.15, 0.2) is 0 Å². The molecule has 6 heteroatoms. The van der Waals surface area contributed by atoms with Gasteiger partial charge in [0.05, 0.1) is 12.1 Å². The van der Waals surface area contributed by atoms with Crippen LogP contribution in [0.5, 0.6) is 11.5 Å². The SMILES string of the molecule is N#C[C@H](c1ccc(O)cc1)N1CCN([C@@H](C#N)c2ccc(O)cc2)CC1. The highest BCUT2D eigenvalue weighted by atomic mass is 16.3. The van der Waals surface area contributed by atoms with Crippen LogP contribution in [0.4, 0.5) is 0 Å². The fourth-order valence-electron chi connectivity index (χ4n) is 3.30. The van der Waals surface area contributed by atoms with E-state index in [2.05, 4.69) is 21.9 Å². The highest BCUT2D eigenvalue weighted by Gasteiger charge is 2.29. The zero-order chi connectivity index (χ0) is 18.5. The first kappa shape index (κ1) is 17.8. The largest absolute Gasteiger partial charge is 0.508 e. The van der Waals surface area contributed by atoms with E-state index >= 15 is 0 Å². The molecule has 1 heterocycles. The minimum atomic E-state index is -0.369. The molecule has 132 valence electrons. The highest BCUT2D eigenvalue weighted by molar-refractivity contribution is 5.32. The maximum Gasteiger partial charge on any atom is 0.123 e. The molecular weight excluding hydrogens is 328 g/mol. The standard InChI is InChI=1S/C20H20N4O2/c21-13-19(15-1-5-17(25)6-2-15)23-9-11-24(12-10-23)20(14-22)16-3-7-18(26)8-4-16/h1-8,19-20,25-26H,9-12H2/t19-,20+. The maximum absolute atomic E-state index is 9.58. The molecular formula is C20H20N4O2. The minimum absolute atomic E-state index is 0.181. The molecule has 3 rings (SSSR count). The average molecular weight is 348 g/mol. The maximum atomic E-state index is 9.58. The Morgan fingerprint density at radius 3 is 1.23 bits per heavy atom. The number of piperazine rings is 1. The van der Waals surface area contributed by atoms with Crippen LogP contribution in [0, 0.1) is 22.7 Å². The summed E-state index contributed by atoms with van der Waals surface area (Å²) in [5.74, 6) is 0.363. The summed E-state index contributed by atoms with van der Waals surface area (Å²) in [5.41, 5.74) is 1.71. The van der Waals surface area contributed by atoms with Crippen LogP contribution in [0.1, 0.15) is 23.2 Å². The Kier molecular flexibility index (Phi) is 5.38. The summed E-state index contributed by atoms with van der Waals surface area (Å²) in [5, 5.41) is 38.0. The van der Waals surface area contributed by atoms with Gasteiger partial charge in [-0.15, -0.1) is 0 Å². The summed E-state index contributed by atoms with van der Waals surface area (Å²) < 4.78 is 0. The lowest BCUT2D eigenvalue weighted by Gasteiger charge is -2.38. The van der Waals surface area contributed by atoms with Gasteiger partial charge in [-0.3, -0.25) is 9.80 Å². The van der Waals surface area contributed by atoms with Crippen LogP contribution < -0.4 is 0 Å². The van der Waals surface area contributed by atoms with Crippen LogP contribution in [0.3, 0.4) is 0 Å².